The number of benzene rings is 2. The van der Waals surface area contributed by atoms with Crippen LogP contribution in [0.1, 0.15) is 11.1 Å². The highest BCUT2D eigenvalue weighted by molar-refractivity contribution is 6.30. The predicted molar refractivity (Wildman–Crippen MR) is 103 cm³/mol. The molecule has 1 heterocycles. The van der Waals surface area contributed by atoms with E-state index in [9.17, 15) is 9.18 Å². The topological polar surface area (TPSA) is 35.6 Å². The van der Waals surface area contributed by atoms with Crippen LogP contribution < -0.4 is 10.2 Å². The Kier molecular flexibility index (Phi) is 5.99. The molecule has 26 heavy (non-hydrogen) atoms. The van der Waals surface area contributed by atoms with Gasteiger partial charge in [-0.05, 0) is 54.8 Å². The van der Waals surface area contributed by atoms with Crippen molar-refractivity contribution in [2.75, 3.05) is 37.6 Å². The van der Waals surface area contributed by atoms with Crippen molar-refractivity contribution in [3.05, 3.63) is 64.4 Å². The number of aryl methyl sites for hydroxylation is 1. The van der Waals surface area contributed by atoms with E-state index in [1.54, 1.807) is 12.1 Å². The van der Waals surface area contributed by atoms with Crippen molar-refractivity contribution in [1.82, 2.24) is 10.2 Å². The van der Waals surface area contributed by atoms with Crippen molar-refractivity contribution in [2.24, 2.45) is 0 Å². The molecule has 2 aromatic carbocycles. The Morgan fingerprint density at radius 2 is 1.81 bits per heavy atom. The summed E-state index contributed by atoms with van der Waals surface area (Å²) in [6.45, 7) is 5.56. The van der Waals surface area contributed by atoms with Crippen molar-refractivity contribution >= 4 is 23.3 Å². The maximum absolute atomic E-state index is 12.9. The number of nitrogens with one attached hydrogen (secondary N) is 1. The SMILES string of the molecule is Cc1cc(Cl)ccc1N1CCN(C(=O)NCCc2ccc(F)cc2)CC1. The van der Waals surface area contributed by atoms with E-state index in [1.807, 2.05) is 23.1 Å². The Labute approximate surface area is 158 Å². The quantitative estimate of drug-likeness (QED) is 0.880. The number of amides is 2. The molecular weight excluding hydrogens is 353 g/mol. The monoisotopic (exact) mass is 375 g/mol. The van der Waals surface area contributed by atoms with Gasteiger partial charge >= 0.3 is 6.03 Å². The molecule has 0 bridgehead atoms. The molecule has 3 rings (SSSR count). The molecule has 0 saturated carbocycles. The number of urea groups is 1. The molecule has 1 aliphatic heterocycles. The van der Waals surface area contributed by atoms with E-state index in [4.69, 9.17) is 11.6 Å². The summed E-state index contributed by atoms with van der Waals surface area (Å²) < 4.78 is 12.9. The smallest absolute Gasteiger partial charge is 0.317 e. The third-order valence-corrected chi connectivity index (χ3v) is 4.90. The van der Waals surface area contributed by atoms with E-state index >= 15 is 0 Å². The van der Waals surface area contributed by atoms with Crippen LogP contribution in [0.15, 0.2) is 42.5 Å². The molecule has 0 aromatic heterocycles. The number of rotatable bonds is 4. The lowest BCUT2D eigenvalue weighted by Gasteiger charge is -2.36. The number of anilines is 1. The standard InChI is InChI=1S/C20H23ClFN3O/c1-15-14-17(21)4-7-19(15)24-10-12-25(13-11-24)20(26)23-9-8-16-2-5-18(22)6-3-16/h2-7,14H,8-13H2,1H3,(H,23,26). The van der Waals surface area contributed by atoms with E-state index in [0.29, 0.717) is 26.1 Å². The lowest BCUT2D eigenvalue weighted by Crippen LogP contribution is -2.52. The predicted octanol–water partition coefficient (Wildman–Crippen LogP) is 3.86. The fraction of sp³-hybridized carbons (Fsp3) is 0.350. The third-order valence-electron chi connectivity index (χ3n) is 4.67. The molecule has 0 spiro atoms. The molecular formula is C20H23ClFN3O. The summed E-state index contributed by atoms with van der Waals surface area (Å²) in [7, 11) is 0. The molecule has 4 nitrogen and oxygen atoms in total. The number of hydrogen-bond donors (Lipinski definition) is 1. The lowest BCUT2D eigenvalue weighted by atomic mass is 10.1. The first-order valence-corrected chi connectivity index (χ1v) is 9.19. The normalized spacial score (nSPS) is 14.4. The van der Waals surface area contributed by atoms with Gasteiger partial charge in [0.05, 0.1) is 0 Å². The summed E-state index contributed by atoms with van der Waals surface area (Å²) in [5.74, 6) is -0.244. The molecule has 0 radical (unpaired) electrons. The maximum atomic E-state index is 12.9. The zero-order chi connectivity index (χ0) is 18.5. The van der Waals surface area contributed by atoms with Gasteiger partial charge in [0.25, 0.3) is 0 Å². The molecule has 2 aromatic rings. The van der Waals surface area contributed by atoms with Gasteiger partial charge in [0, 0.05) is 43.4 Å². The third kappa shape index (κ3) is 4.67. The van der Waals surface area contributed by atoms with Crippen molar-refractivity contribution in [3.8, 4) is 0 Å². The number of nitrogens with zero attached hydrogens (tertiary/aromatic N) is 2. The zero-order valence-electron chi connectivity index (χ0n) is 14.8. The first-order chi connectivity index (χ1) is 12.5. The number of carbonyl (C=O) groups is 1. The maximum Gasteiger partial charge on any atom is 0.317 e. The molecule has 2 amide bonds. The highest BCUT2D eigenvalue weighted by Crippen LogP contribution is 2.24. The van der Waals surface area contributed by atoms with Crippen LogP contribution in [0.4, 0.5) is 14.9 Å². The number of carbonyl (C=O) groups excluding carboxylic acids is 1. The van der Waals surface area contributed by atoms with Crippen LogP contribution in [0.3, 0.4) is 0 Å². The van der Waals surface area contributed by atoms with Crippen LogP contribution in [0.5, 0.6) is 0 Å². The van der Waals surface area contributed by atoms with Crippen molar-refractivity contribution in [3.63, 3.8) is 0 Å². The second-order valence-electron chi connectivity index (χ2n) is 6.51. The van der Waals surface area contributed by atoms with Gasteiger partial charge in [-0.15, -0.1) is 0 Å². The summed E-state index contributed by atoms with van der Waals surface area (Å²) in [5.41, 5.74) is 3.33. The summed E-state index contributed by atoms with van der Waals surface area (Å²) in [4.78, 5) is 16.4. The highest BCUT2D eigenvalue weighted by Gasteiger charge is 2.21. The van der Waals surface area contributed by atoms with Crippen LogP contribution in [-0.4, -0.2) is 43.7 Å². The fourth-order valence-corrected chi connectivity index (χ4v) is 3.43. The van der Waals surface area contributed by atoms with Gasteiger partial charge in [-0.25, -0.2) is 9.18 Å². The number of hydrogen-bond acceptors (Lipinski definition) is 2. The second kappa shape index (κ2) is 8.41. The van der Waals surface area contributed by atoms with Crippen LogP contribution in [0.25, 0.3) is 0 Å². The van der Waals surface area contributed by atoms with Crippen LogP contribution >= 0.6 is 11.6 Å². The summed E-state index contributed by atoms with van der Waals surface area (Å²) in [6.07, 6.45) is 0.690. The number of piperazine rings is 1. The van der Waals surface area contributed by atoms with Gasteiger partial charge in [-0.3, -0.25) is 0 Å². The summed E-state index contributed by atoms with van der Waals surface area (Å²) in [5, 5.41) is 3.69. The Hall–Kier alpha value is -2.27. The van der Waals surface area contributed by atoms with E-state index in [0.717, 1.165) is 29.2 Å². The van der Waals surface area contributed by atoms with E-state index in [-0.39, 0.29) is 11.8 Å². The molecule has 1 saturated heterocycles. The first-order valence-electron chi connectivity index (χ1n) is 8.81. The molecule has 0 atom stereocenters. The lowest BCUT2D eigenvalue weighted by molar-refractivity contribution is 0.194. The van der Waals surface area contributed by atoms with E-state index < -0.39 is 0 Å². The summed E-state index contributed by atoms with van der Waals surface area (Å²) >= 11 is 6.02. The summed E-state index contributed by atoms with van der Waals surface area (Å²) in [6, 6.07) is 12.2. The molecule has 6 heteroatoms. The van der Waals surface area contributed by atoms with Crippen LogP contribution in [-0.2, 0) is 6.42 Å². The molecule has 138 valence electrons. The van der Waals surface area contributed by atoms with Gasteiger partial charge in [0.2, 0.25) is 0 Å². The fourth-order valence-electron chi connectivity index (χ4n) is 3.20. The molecule has 1 N–H and O–H groups in total. The minimum Gasteiger partial charge on any atom is -0.368 e. The van der Waals surface area contributed by atoms with Gasteiger partial charge in [-0.2, -0.15) is 0 Å². The number of halogens is 2. The van der Waals surface area contributed by atoms with Crippen LogP contribution in [0.2, 0.25) is 5.02 Å². The molecule has 0 unspecified atom stereocenters. The zero-order valence-corrected chi connectivity index (χ0v) is 15.6. The molecule has 0 aliphatic carbocycles. The van der Waals surface area contributed by atoms with Gasteiger partial charge in [0.15, 0.2) is 0 Å². The van der Waals surface area contributed by atoms with E-state index in [2.05, 4.69) is 17.1 Å². The minimum absolute atomic E-state index is 0.0420. The van der Waals surface area contributed by atoms with Crippen molar-refractivity contribution in [2.45, 2.75) is 13.3 Å². The second-order valence-corrected chi connectivity index (χ2v) is 6.95. The minimum atomic E-state index is -0.244. The highest BCUT2D eigenvalue weighted by atomic mass is 35.5. The molecule has 1 fully saturated rings. The Morgan fingerprint density at radius 1 is 1.12 bits per heavy atom. The van der Waals surface area contributed by atoms with Gasteiger partial charge in [0.1, 0.15) is 5.82 Å². The molecule has 1 aliphatic rings. The Bertz CT molecular complexity index is 758. The average Bonchev–Trinajstić information content (AvgIpc) is 2.63. The Balaban J connectivity index is 1.45. The Morgan fingerprint density at radius 3 is 2.46 bits per heavy atom. The van der Waals surface area contributed by atoms with Gasteiger partial charge in [-0.1, -0.05) is 23.7 Å². The van der Waals surface area contributed by atoms with E-state index in [1.165, 1.54) is 17.8 Å². The van der Waals surface area contributed by atoms with Gasteiger partial charge < -0.3 is 15.1 Å². The average molecular weight is 376 g/mol. The van der Waals surface area contributed by atoms with Crippen molar-refractivity contribution < 1.29 is 9.18 Å². The first kappa shape index (κ1) is 18.5. The van der Waals surface area contributed by atoms with Crippen molar-refractivity contribution in [1.29, 1.82) is 0 Å². The van der Waals surface area contributed by atoms with Crippen LogP contribution in [0, 0.1) is 12.7 Å². The largest absolute Gasteiger partial charge is 0.368 e.